The van der Waals surface area contributed by atoms with Gasteiger partial charge in [-0.25, -0.2) is 4.79 Å². The normalized spacial score (nSPS) is 14.7. The van der Waals surface area contributed by atoms with Crippen molar-refractivity contribution in [3.63, 3.8) is 0 Å². The number of amides is 2. The van der Waals surface area contributed by atoms with Gasteiger partial charge in [0, 0.05) is 26.2 Å². The minimum Gasteiger partial charge on any atom is -0.410 e. The zero-order valence-electron chi connectivity index (χ0n) is 14.1. The third kappa shape index (κ3) is 4.83. The van der Waals surface area contributed by atoms with Crippen molar-refractivity contribution in [3.05, 3.63) is 66.2 Å². The number of carbonyl (C=O) groups is 2. The summed E-state index contributed by atoms with van der Waals surface area (Å²) in [6.07, 6.45) is 0.795. The van der Waals surface area contributed by atoms with Crippen molar-refractivity contribution in [3.8, 4) is 5.75 Å². The molecule has 5 heteroatoms. The summed E-state index contributed by atoms with van der Waals surface area (Å²) < 4.78 is 5.38. The van der Waals surface area contributed by atoms with Crippen LogP contribution in [0.5, 0.6) is 5.75 Å². The number of para-hydroxylation sites is 1. The third-order valence-electron chi connectivity index (χ3n) is 4.25. The van der Waals surface area contributed by atoms with Crippen LogP contribution in [0.3, 0.4) is 0 Å². The van der Waals surface area contributed by atoms with Gasteiger partial charge in [0.15, 0.2) is 0 Å². The van der Waals surface area contributed by atoms with Crippen molar-refractivity contribution in [2.24, 2.45) is 0 Å². The maximum atomic E-state index is 12.5. The van der Waals surface area contributed by atoms with E-state index in [2.05, 4.69) is 0 Å². The van der Waals surface area contributed by atoms with Crippen LogP contribution in [0.25, 0.3) is 0 Å². The Morgan fingerprint density at radius 2 is 1.40 bits per heavy atom. The summed E-state index contributed by atoms with van der Waals surface area (Å²) in [4.78, 5) is 28.3. The largest absolute Gasteiger partial charge is 0.415 e. The van der Waals surface area contributed by atoms with Gasteiger partial charge in [0.05, 0.1) is 6.42 Å². The summed E-state index contributed by atoms with van der Waals surface area (Å²) in [6, 6.07) is 18.8. The molecule has 25 heavy (non-hydrogen) atoms. The van der Waals surface area contributed by atoms with E-state index in [1.165, 1.54) is 0 Å². The standard InChI is InChI=1S/C20H22N2O3/c23-19(16-17-8-3-1-4-9-17)21-12-7-13-22(15-14-21)20(24)25-18-10-5-2-6-11-18/h1-6,8-11H,7,12-16H2. The Balaban J connectivity index is 1.53. The highest BCUT2D eigenvalue weighted by atomic mass is 16.6. The zero-order chi connectivity index (χ0) is 17.5. The Labute approximate surface area is 147 Å². The van der Waals surface area contributed by atoms with E-state index in [-0.39, 0.29) is 12.0 Å². The maximum absolute atomic E-state index is 12.5. The van der Waals surface area contributed by atoms with Gasteiger partial charge in [0.25, 0.3) is 0 Å². The van der Waals surface area contributed by atoms with Gasteiger partial charge in [-0.05, 0) is 24.1 Å². The van der Waals surface area contributed by atoms with Gasteiger partial charge in [0.1, 0.15) is 5.75 Å². The van der Waals surface area contributed by atoms with Gasteiger partial charge in [-0.2, -0.15) is 0 Å². The first-order valence-electron chi connectivity index (χ1n) is 8.56. The van der Waals surface area contributed by atoms with Gasteiger partial charge < -0.3 is 14.5 Å². The molecule has 0 bridgehead atoms. The van der Waals surface area contributed by atoms with E-state index in [9.17, 15) is 9.59 Å². The van der Waals surface area contributed by atoms with E-state index in [0.29, 0.717) is 38.3 Å². The number of hydrogen-bond acceptors (Lipinski definition) is 3. The average Bonchev–Trinajstić information content (AvgIpc) is 2.90. The molecule has 0 N–H and O–H groups in total. The minimum atomic E-state index is -0.358. The number of nitrogens with zero attached hydrogens (tertiary/aromatic N) is 2. The molecular formula is C20H22N2O3. The molecule has 1 saturated heterocycles. The summed E-state index contributed by atoms with van der Waals surface area (Å²) >= 11 is 0. The predicted octanol–water partition coefficient (Wildman–Crippen LogP) is 2.96. The van der Waals surface area contributed by atoms with Crippen LogP contribution in [-0.4, -0.2) is 48.0 Å². The van der Waals surface area contributed by atoms with Crippen molar-refractivity contribution in [2.75, 3.05) is 26.2 Å². The Hall–Kier alpha value is -2.82. The molecule has 0 aromatic heterocycles. The van der Waals surface area contributed by atoms with Crippen LogP contribution in [-0.2, 0) is 11.2 Å². The van der Waals surface area contributed by atoms with Crippen LogP contribution in [0, 0.1) is 0 Å². The first kappa shape index (κ1) is 17.0. The molecule has 1 aliphatic heterocycles. The molecule has 0 unspecified atom stereocenters. The first-order valence-corrected chi connectivity index (χ1v) is 8.56. The molecule has 0 aliphatic carbocycles. The summed E-state index contributed by atoms with van der Waals surface area (Å²) in [5.74, 6) is 0.637. The van der Waals surface area contributed by atoms with E-state index < -0.39 is 0 Å². The zero-order valence-corrected chi connectivity index (χ0v) is 14.1. The molecule has 2 aromatic rings. The fraction of sp³-hybridized carbons (Fsp3) is 0.300. The lowest BCUT2D eigenvalue weighted by molar-refractivity contribution is -0.130. The molecule has 1 heterocycles. The van der Waals surface area contributed by atoms with Crippen LogP contribution in [0.1, 0.15) is 12.0 Å². The van der Waals surface area contributed by atoms with Crippen LogP contribution in [0.4, 0.5) is 4.79 Å². The highest BCUT2D eigenvalue weighted by Crippen LogP contribution is 2.12. The Morgan fingerprint density at radius 3 is 2.12 bits per heavy atom. The minimum absolute atomic E-state index is 0.101. The van der Waals surface area contributed by atoms with Crippen LogP contribution in [0.2, 0.25) is 0 Å². The smallest absolute Gasteiger partial charge is 0.410 e. The van der Waals surface area contributed by atoms with Gasteiger partial charge in [-0.15, -0.1) is 0 Å². The van der Waals surface area contributed by atoms with Crippen molar-refractivity contribution in [2.45, 2.75) is 12.8 Å². The topological polar surface area (TPSA) is 49.9 Å². The summed E-state index contributed by atoms with van der Waals surface area (Å²) in [5.41, 5.74) is 1.01. The van der Waals surface area contributed by atoms with Gasteiger partial charge in [0.2, 0.25) is 5.91 Å². The highest BCUT2D eigenvalue weighted by molar-refractivity contribution is 5.79. The number of ether oxygens (including phenoxy) is 1. The van der Waals surface area contributed by atoms with E-state index in [1.807, 2.05) is 53.4 Å². The quantitative estimate of drug-likeness (QED) is 0.864. The molecule has 2 aromatic carbocycles. The van der Waals surface area contributed by atoms with Crippen molar-refractivity contribution in [1.82, 2.24) is 9.80 Å². The predicted molar refractivity (Wildman–Crippen MR) is 95.4 cm³/mol. The fourth-order valence-corrected chi connectivity index (χ4v) is 2.89. The molecule has 3 rings (SSSR count). The SMILES string of the molecule is O=C(Cc1ccccc1)N1CCCN(C(=O)Oc2ccccc2)CC1. The average molecular weight is 338 g/mol. The first-order chi connectivity index (χ1) is 12.2. The van der Waals surface area contributed by atoms with Crippen LogP contribution in [0.15, 0.2) is 60.7 Å². The maximum Gasteiger partial charge on any atom is 0.415 e. The lowest BCUT2D eigenvalue weighted by Gasteiger charge is -2.22. The second-order valence-electron chi connectivity index (χ2n) is 6.06. The van der Waals surface area contributed by atoms with E-state index in [0.717, 1.165) is 12.0 Å². The molecule has 130 valence electrons. The number of benzene rings is 2. The molecule has 1 aliphatic rings. The third-order valence-corrected chi connectivity index (χ3v) is 4.25. The summed E-state index contributed by atoms with van der Waals surface area (Å²) in [5, 5.41) is 0. The molecule has 2 amide bonds. The van der Waals surface area contributed by atoms with E-state index in [4.69, 9.17) is 4.74 Å². The number of carbonyl (C=O) groups excluding carboxylic acids is 2. The van der Waals surface area contributed by atoms with Crippen molar-refractivity contribution < 1.29 is 14.3 Å². The Kier molecular flexibility index (Phi) is 5.67. The Bertz CT molecular complexity index is 642. The molecule has 0 spiro atoms. The molecule has 5 nitrogen and oxygen atoms in total. The Morgan fingerprint density at radius 1 is 0.800 bits per heavy atom. The van der Waals surface area contributed by atoms with Gasteiger partial charge >= 0.3 is 6.09 Å². The molecule has 0 radical (unpaired) electrons. The molecule has 1 fully saturated rings. The second kappa shape index (κ2) is 8.33. The van der Waals surface area contributed by atoms with Gasteiger partial charge in [-0.3, -0.25) is 4.79 Å². The lowest BCUT2D eigenvalue weighted by Crippen LogP contribution is -2.39. The van der Waals surface area contributed by atoms with E-state index in [1.54, 1.807) is 17.0 Å². The van der Waals surface area contributed by atoms with E-state index >= 15 is 0 Å². The lowest BCUT2D eigenvalue weighted by atomic mass is 10.1. The number of hydrogen-bond donors (Lipinski definition) is 0. The monoisotopic (exact) mass is 338 g/mol. The van der Waals surface area contributed by atoms with Gasteiger partial charge in [-0.1, -0.05) is 48.5 Å². The van der Waals surface area contributed by atoms with Crippen LogP contribution >= 0.6 is 0 Å². The van der Waals surface area contributed by atoms with Crippen molar-refractivity contribution in [1.29, 1.82) is 0 Å². The molecular weight excluding hydrogens is 316 g/mol. The molecule has 0 saturated carbocycles. The van der Waals surface area contributed by atoms with Crippen molar-refractivity contribution >= 4 is 12.0 Å². The fourth-order valence-electron chi connectivity index (χ4n) is 2.89. The highest BCUT2D eigenvalue weighted by Gasteiger charge is 2.23. The summed E-state index contributed by atoms with van der Waals surface area (Å²) in [7, 11) is 0. The second-order valence-corrected chi connectivity index (χ2v) is 6.06. The summed E-state index contributed by atoms with van der Waals surface area (Å²) in [6.45, 7) is 2.29. The van der Waals surface area contributed by atoms with Crippen LogP contribution < -0.4 is 4.74 Å². The molecule has 0 atom stereocenters. The number of rotatable bonds is 3.